The van der Waals surface area contributed by atoms with E-state index in [1.807, 2.05) is 19.9 Å². The number of fused-ring (bicyclic) bond motifs is 1. The number of hydrogen-bond donors (Lipinski definition) is 3. The van der Waals surface area contributed by atoms with Crippen molar-refractivity contribution in [1.29, 1.82) is 0 Å². The van der Waals surface area contributed by atoms with Crippen molar-refractivity contribution in [2.24, 2.45) is 17.8 Å². The molecule has 0 amide bonds. The zero-order valence-corrected chi connectivity index (χ0v) is 11.4. The molecule has 0 aliphatic heterocycles. The smallest absolute Gasteiger partial charge is 0.0911 e. The molecule has 0 spiro atoms. The van der Waals surface area contributed by atoms with Crippen LogP contribution in [0.5, 0.6) is 0 Å². The van der Waals surface area contributed by atoms with Gasteiger partial charge in [0.1, 0.15) is 0 Å². The van der Waals surface area contributed by atoms with Crippen LogP contribution in [0.25, 0.3) is 0 Å². The van der Waals surface area contributed by atoms with Gasteiger partial charge >= 0.3 is 0 Å². The van der Waals surface area contributed by atoms with Crippen molar-refractivity contribution in [3.05, 3.63) is 23.8 Å². The summed E-state index contributed by atoms with van der Waals surface area (Å²) in [5, 5.41) is 30.7. The van der Waals surface area contributed by atoms with Crippen LogP contribution in [-0.2, 0) is 0 Å². The Morgan fingerprint density at radius 2 is 2.00 bits per heavy atom. The topological polar surface area (TPSA) is 60.7 Å². The highest BCUT2D eigenvalue weighted by Gasteiger charge is 2.52. The largest absolute Gasteiger partial charge is 0.390 e. The second kappa shape index (κ2) is 4.48. The quantitative estimate of drug-likeness (QED) is 0.622. The summed E-state index contributed by atoms with van der Waals surface area (Å²) in [6.45, 7) is 9.55. The third-order valence-corrected chi connectivity index (χ3v) is 4.96. The van der Waals surface area contributed by atoms with E-state index in [1.54, 1.807) is 6.92 Å². The summed E-state index contributed by atoms with van der Waals surface area (Å²) in [5.41, 5.74) is 0.940. The third-order valence-electron chi connectivity index (χ3n) is 4.96. The molecule has 2 aliphatic carbocycles. The molecule has 1 saturated carbocycles. The van der Waals surface area contributed by atoms with Gasteiger partial charge in [0.25, 0.3) is 0 Å². The van der Waals surface area contributed by atoms with Crippen molar-refractivity contribution in [3.63, 3.8) is 0 Å². The first-order valence-electron chi connectivity index (χ1n) is 6.67. The molecule has 0 bridgehead atoms. The van der Waals surface area contributed by atoms with Gasteiger partial charge in [-0.3, -0.25) is 0 Å². The fourth-order valence-electron chi connectivity index (χ4n) is 3.62. The molecule has 18 heavy (non-hydrogen) atoms. The molecule has 6 unspecified atom stereocenters. The predicted octanol–water partition coefficient (Wildman–Crippen LogP) is 1.64. The average molecular weight is 252 g/mol. The van der Waals surface area contributed by atoms with Crippen LogP contribution in [-0.4, -0.2) is 33.1 Å². The van der Waals surface area contributed by atoms with Gasteiger partial charge in [0.05, 0.1) is 17.8 Å². The van der Waals surface area contributed by atoms with Crippen molar-refractivity contribution in [2.75, 3.05) is 0 Å². The van der Waals surface area contributed by atoms with E-state index in [-0.39, 0.29) is 17.8 Å². The Morgan fingerprint density at radius 1 is 1.39 bits per heavy atom. The molecule has 0 aromatic heterocycles. The molecule has 2 rings (SSSR count). The van der Waals surface area contributed by atoms with Crippen LogP contribution in [0.15, 0.2) is 23.8 Å². The van der Waals surface area contributed by atoms with E-state index in [1.165, 1.54) is 0 Å². The highest BCUT2D eigenvalue weighted by atomic mass is 16.3. The third kappa shape index (κ3) is 2.04. The molecule has 0 radical (unpaired) electrons. The van der Waals surface area contributed by atoms with E-state index < -0.39 is 17.8 Å². The van der Waals surface area contributed by atoms with Crippen molar-refractivity contribution >= 4 is 0 Å². The average Bonchev–Trinajstić information content (AvgIpc) is 2.39. The van der Waals surface area contributed by atoms with Gasteiger partial charge in [-0.15, -0.1) is 0 Å². The maximum atomic E-state index is 10.5. The van der Waals surface area contributed by atoms with Gasteiger partial charge in [0, 0.05) is 5.92 Å². The van der Waals surface area contributed by atoms with Crippen molar-refractivity contribution in [2.45, 2.75) is 51.4 Å². The fraction of sp³-hybridized carbons (Fsp3) is 0.733. The molecule has 0 saturated heterocycles. The molecule has 0 heterocycles. The molecule has 3 nitrogen and oxygen atoms in total. The molecular weight excluding hydrogens is 228 g/mol. The van der Waals surface area contributed by atoms with E-state index in [0.717, 1.165) is 11.1 Å². The second-order valence-electron chi connectivity index (χ2n) is 6.28. The van der Waals surface area contributed by atoms with Crippen molar-refractivity contribution in [3.8, 4) is 0 Å². The van der Waals surface area contributed by atoms with Crippen molar-refractivity contribution in [1.82, 2.24) is 0 Å². The van der Waals surface area contributed by atoms with E-state index in [0.29, 0.717) is 12.8 Å². The molecule has 102 valence electrons. The highest BCUT2D eigenvalue weighted by molar-refractivity contribution is 5.22. The number of aliphatic hydroxyl groups is 3. The molecule has 3 N–H and O–H groups in total. The molecular formula is C15H24O3. The summed E-state index contributed by atoms with van der Waals surface area (Å²) in [6, 6.07) is 0. The maximum Gasteiger partial charge on any atom is 0.0911 e. The highest BCUT2D eigenvalue weighted by Crippen LogP contribution is 2.49. The summed E-state index contributed by atoms with van der Waals surface area (Å²) < 4.78 is 0. The molecule has 3 heteroatoms. The van der Waals surface area contributed by atoms with E-state index in [4.69, 9.17) is 0 Å². The molecule has 2 aliphatic rings. The Balaban J connectivity index is 2.38. The van der Waals surface area contributed by atoms with E-state index in [9.17, 15) is 15.3 Å². The Bertz CT molecular complexity index is 383. The van der Waals surface area contributed by atoms with Crippen LogP contribution in [0.3, 0.4) is 0 Å². The summed E-state index contributed by atoms with van der Waals surface area (Å²) in [7, 11) is 0. The van der Waals surface area contributed by atoms with Gasteiger partial charge < -0.3 is 15.3 Å². The summed E-state index contributed by atoms with van der Waals surface area (Å²) in [4.78, 5) is 0. The van der Waals surface area contributed by atoms with Crippen LogP contribution in [0.2, 0.25) is 0 Å². The zero-order chi connectivity index (χ0) is 13.7. The fourth-order valence-corrected chi connectivity index (χ4v) is 3.62. The minimum absolute atomic E-state index is 0.0115. The maximum absolute atomic E-state index is 10.5. The van der Waals surface area contributed by atoms with Crippen LogP contribution in [0, 0.1) is 17.8 Å². The normalized spacial score (nSPS) is 48.3. The van der Waals surface area contributed by atoms with E-state index >= 15 is 0 Å². The van der Waals surface area contributed by atoms with Gasteiger partial charge in [-0.05, 0) is 45.4 Å². The first kappa shape index (κ1) is 13.8. The second-order valence-corrected chi connectivity index (χ2v) is 6.28. The van der Waals surface area contributed by atoms with Crippen molar-refractivity contribution < 1.29 is 15.3 Å². The Labute approximate surface area is 109 Å². The minimum Gasteiger partial charge on any atom is -0.390 e. The lowest BCUT2D eigenvalue weighted by Crippen LogP contribution is -2.41. The lowest BCUT2D eigenvalue weighted by molar-refractivity contribution is -0.0738. The lowest BCUT2D eigenvalue weighted by atomic mass is 9.77. The number of hydrogen-bond acceptors (Lipinski definition) is 3. The minimum atomic E-state index is -1.07. The summed E-state index contributed by atoms with van der Waals surface area (Å²) in [5.74, 6) is 0.114. The molecule has 1 fully saturated rings. The van der Waals surface area contributed by atoms with Crippen LogP contribution < -0.4 is 0 Å². The monoisotopic (exact) mass is 252 g/mol. The van der Waals surface area contributed by atoms with Gasteiger partial charge in [-0.25, -0.2) is 0 Å². The molecule has 0 aromatic carbocycles. The van der Waals surface area contributed by atoms with Gasteiger partial charge in [0.15, 0.2) is 0 Å². The lowest BCUT2D eigenvalue weighted by Gasteiger charge is -2.33. The summed E-state index contributed by atoms with van der Waals surface area (Å²) >= 11 is 0. The molecule has 6 atom stereocenters. The first-order chi connectivity index (χ1) is 8.25. The Hall–Kier alpha value is -0.640. The first-order valence-corrected chi connectivity index (χ1v) is 6.67. The van der Waals surface area contributed by atoms with Gasteiger partial charge in [-0.2, -0.15) is 0 Å². The number of aliphatic hydroxyl groups excluding tert-OH is 2. The van der Waals surface area contributed by atoms with Crippen LogP contribution in [0.4, 0.5) is 0 Å². The summed E-state index contributed by atoms with van der Waals surface area (Å²) in [6.07, 6.45) is 1.92. The van der Waals surface area contributed by atoms with Crippen LogP contribution in [0.1, 0.15) is 33.6 Å². The number of rotatable bonds is 1. The van der Waals surface area contributed by atoms with Gasteiger partial charge in [-0.1, -0.05) is 23.8 Å². The zero-order valence-electron chi connectivity index (χ0n) is 11.4. The van der Waals surface area contributed by atoms with Gasteiger partial charge in [0.2, 0.25) is 0 Å². The predicted molar refractivity (Wildman–Crippen MR) is 70.9 cm³/mol. The SMILES string of the molecule is C=C(C)C1CC2C(CC(O)C2(C)O)C(C)=CC1O. The molecule has 0 aromatic rings. The van der Waals surface area contributed by atoms with E-state index in [2.05, 4.69) is 6.58 Å². The Morgan fingerprint density at radius 3 is 2.56 bits per heavy atom. The Kier molecular flexibility index (Phi) is 3.43. The van der Waals surface area contributed by atoms with Crippen LogP contribution >= 0.6 is 0 Å². The number of allylic oxidation sites excluding steroid dienone is 1. The standard InChI is InChI=1S/C15H24O3/c1-8(2)10-6-12-11(9(3)5-13(10)16)7-14(17)15(12,4)18/h5,10-14,16-18H,1,6-7H2,2-4H3.